The third-order valence-electron chi connectivity index (χ3n) is 3.61. The molecule has 4 nitrogen and oxygen atoms in total. The summed E-state index contributed by atoms with van der Waals surface area (Å²) in [6.45, 7) is 2.22. The Labute approximate surface area is 149 Å². The fraction of sp³-hybridized carbons (Fsp3) is 0.471. The number of rotatable bonds is 9. The maximum Gasteiger partial charge on any atom is 0.179 e. The fourth-order valence-electron chi connectivity index (χ4n) is 2.32. The van der Waals surface area contributed by atoms with E-state index < -0.39 is 5.92 Å². The number of carbonyl (C=O) groups excluding carboxylic acids is 2. The van der Waals surface area contributed by atoms with Crippen LogP contribution in [0, 0.1) is 11.8 Å². The number of benzene rings is 1. The zero-order valence-electron chi connectivity index (χ0n) is 13.3. The molecule has 0 heterocycles. The molecule has 0 aromatic heterocycles. The van der Waals surface area contributed by atoms with E-state index in [-0.39, 0.29) is 17.5 Å². The minimum absolute atomic E-state index is 0.00326. The van der Waals surface area contributed by atoms with E-state index in [1.54, 1.807) is 17.8 Å². The number of nitrogens with zero attached hydrogens (tertiary/aromatic N) is 1. The highest BCUT2D eigenvalue weighted by molar-refractivity contribution is 9.10. The molecule has 1 saturated carbocycles. The smallest absolute Gasteiger partial charge is 0.179 e. The molecule has 0 amide bonds. The van der Waals surface area contributed by atoms with Gasteiger partial charge in [0.1, 0.15) is 12.5 Å². The molecule has 1 atom stereocenters. The Morgan fingerprint density at radius 2 is 2.22 bits per heavy atom. The highest BCUT2D eigenvalue weighted by Crippen LogP contribution is 2.33. The van der Waals surface area contributed by atoms with Crippen molar-refractivity contribution in [3.8, 4) is 0 Å². The van der Waals surface area contributed by atoms with E-state index in [1.165, 1.54) is 6.21 Å². The van der Waals surface area contributed by atoms with Crippen molar-refractivity contribution in [1.82, 2.24) is 0 Å². The molecule has 6 heteroatoms. The first-order chi connectivity index (χ1) is 11.1. The van der Waals surface area contributed by atoms with Gasteiger partial charge in [0.25, 0.3) is 0 Å². The summed E-state index contributed by atoms with van der Waals surface area (Å²) >= 11 is 5.07. The summed E-state index contributed by atoms with van der Waals surface area (Å²) in [5, 5.41) is 3.78. The van der Waals surface area contributed by atoms with Gasteiger partial charge in [-0.05, 0) is 49.8 Å². The zero-order valence-corrected chi connectivity index (χ0v) is 15.7. The summed E-state index contributed by atoms with van der Waals surface area (Å²) in [5.41, 5.74) is 1.51. The summed E-state index contributed by atoms with van der Waals surface area (Å²) in [7, 11) is 0. The Morgan fingerprint density at radius 1 is 1.48 bits per heavy atom. The first-order valence-corrected chi connectivity index (χ1v) is 9.77. The van der Waals surface area contributed by atoms with Gasteiger partial charge < -0.3 is 4.84 Å². The molecule has 23 heavy (non-hydrogen) atoms. The predicted octanol–water partition coefficient (Wildman–Crippen LogP) is 4.11. The normalized spacial score (nSPS) is 15.6. The number of hydrogen-bond acceptors (Lipinski definition) is 5. The highest BCUT2D eigenvalue weighted by atomic mass is 79.9. The van der Waals surface area contributed by atoms with Gasteiger partial charge in [-0.25, -0.2) is 0 Å². The van der Waals surface area contributed by atoms with E-state index >= 15 is 0 Å². The second kappa shape index (κ2) is 8.64. The van der Waals surface area contributed by atoms with Crippen molar-refractivity contribution in [3.05, 3.63) is 33.8 Å². The van der Waals surface area contributed by atoms with Crippen LogP contribution in [-0.4, -0.2) is 30.6 Å². The summed E-state index contributed by atoms with van der Waals surface area (Å²) in [6.07, 6.45) is 5.07. The molecule has 0 aliphatic heterocycles. The lowest BCUT2D eigenvalue weighted by Gasteiger charge is -2.13. The fourth-order valence-corrected chi connectivity index (χ4v) is 3.27. The predicted molar refractivity (Wildman–Crippen MR) is 97.0 cm³/mol. The van der Waals surface area contributed by atoms with Gasteiger partial charge in [0.15, 0.2) is 11.6 Å². The van der Waals surface area contributed by atoms with E-state index in [9.17, 15) is 9.59 Å². The van der Waals surface area contributed by atoms with Crippen LogP contribution in [0.25, 0.3) is 0 Å². The minimum Gasteiger partial charge on any atom is -0.396 e. The molecule has 2 rings (SSSR count). The van der Waals surface area contributed by atoms with E-state index in [1.807, 2.05) is 25.3 Å². The number of oxime groups is 1. The van der Waals surface area contributed by atoms with Crippen LogP contribution in [0.2, 0.25) is 0 Å². The summed E-state index contributed by atoms with van der Waals surface area (Å²) in [5.74, 6) is -0.376. The molecule has 1 aromatic rings. The molecule has 1 unspecified atom stereocenters. The molecular formula is C17H20BrNO3S. The van der Waals surface area contributed by atoms with Crippen LogP contribution < -0.4 is 0 Å². The van der Waals surface area contributed by atoms with Gasteiger partial charge in [-0.15, -0.1) is 0 Å². The molecule has 0 spiro atoms. The van der Waals surface area contributed by atoms with Crippen molar-refractivity contribution in [3.63, 3.8) is 0 Å². The molecule has 1 aliphatic rings. The van der Waals surface area contributed by atoms with Gasteiger partial charge >= 0.3 is 0 Å². The zero-order chi connectivity index (χ0) is 16.8. The molecule has 0 saturated heterocycles. The van der Waals surface area contributed by atoms with Crippen LogP contribution in [-0.2, 0) is 15.4 Å². The molecule has 1 aromatic carbocycles. The average Bonchev–Trinajstić information content (AvgIpc) is 3.36. The molecule has 0 radical (unpaired) electrons. The van der Waals surface area contributed by atoms with Gasteiger partial charge in [0, 0.05) is 21.7 Å². The van der Waals surface area contributed by atoms with Crippen molar-refractivity contribution in [2.45, 2.75) is 25.5 Å². The minimum atomic E-state index is -0.851. The lowest BCUT2D eigenvalue weighted by Crippen LogP contribution is -2.28. The van der Waals surface area contributed by atoms with Crippen LogP contribution in [0.3, 0.4) is 0 Å². The van der Waals surface area contributed by atoms with E-state index in [0.29, 0.717) is 17.9 Å². The maximum absolute atomic E-state index is 12.9. The first kappa shape index (κ1) is 18.2. The summed E-state index contributed by atoms with van der Waals surface area (Å²) < 4.78 is 0.922. The van der Waals surface area contributed by atoms with E-state index in [2.05, 4.69) is 21.1 Å². The van der Waals surface area contributed by atoms with E-state index in [4.69, 9.17) is 4.84 Å². The third kappa shape index (κ3) is 4.91. The largest absolute Gasteiger partial charge is 0.396 e. The second-order valence-electron chi connectivity index (χ2n) is 5.43. The number of Topliss-reactive ketones (excluding diaryl/α,β-unsaturated/α-hetero) is 2. The summed E-state index contributed by atoms with van der Waals surface area (Å²) in [4.78, 5) is 30.3. The van der Waals surface area contributed by atoms with Crippen LogP contribution >= 0.6 is 27.7 Å². The summed E-state index contributed by atoms with van der Waals surface area (Å²) in [6, 6.07) is 5.54. The van der Waals surface area contributed by atoms with Crippen LogP contribution in [0.1, 0.15) is 35.7 Å². The second-order valence-corrected chi connectivity index (χ2v) is 7.21. The van der Waals surface area contributed by atoms with Gasteiger partial charge in [-0.1, -0.05) is 21.1 Å². The molecule has 1 aliphatic carbocycles. The number of ketones is 2. The Balaban J connectivity index is 2.30. The SMILES string of the molecule is CCON=CC(C(=O)c1ccc(Br)cc1CSC)C(=O)C1CC1. The Bertz CT molecular complexity index is 614. The lowest BCUT2D eigenvalue weighted by molar-refractivity contribution is -0.121. The Hall–Kier alpha value is -1.14. The number of halogens is 1. The molecule has 1 fully saturated rings. The van der Waals surface area contributed by atoms with Crippen LogP contribution in [0.5, 0.6) is 0 Å². The van der Waals surface area contributed by atoms with Crippen molar-refractivity contribution >= 4 is 45.5 Å². The van der Waals surface area contributed by atoms with Gasteiger partial charge in [-0.2, -0.15) is 11.8 Å². The van der Waals surface area contributed by atoms with Crippen LogP contribution in [0.15, 0.2) is 27.8 Å². The van der Waals surface area contributed by atoms with Crippen molar-refractivity contribution < 1.29 is 14.4 Å². The van der Waals surface area contributed by atoms with Crippen LogP contribution in [0.4, 0.5) is 0 Å². The standard InChI is InChI=1S/C17H20BrNO3S/c1-3-22-19-9-15(16(20)11-4-5-11)17(21)14-7-6-13(18)8-12(14)10-23-2/h6-9,11,15H,3-5,10H2,1-2H3. The molecule has 124 valence electrons. The van der Waals surface area contributed by atoms with Crippen molar-refractivity contribution in [2.24, 2.45) is 17.0 Å². The van der Waals surface area contributed by atoms with Gasteiger partial charge in [0.05, 0.1) is 6.21 Å². The average molecular weight is 398 g/mol. The van der Waals surface area contributed by atoms with Crippen molar-refractivity contribution in [2.75, 3.05) is 12.9 Å². The molecule has 0 bridgehead atoms. The maximum atomic E-state index is 12.9. The topological polar surface area (TPSA) is 55.7 Å². The highest BCUT2D eigenvalue weighted by Gasteiger charge is 2.38. The third-order valence-corrected chi connectivity index (χ3v) is 4.71. The van der Waals surface area contributed by atoms with Crippen molar-refractivity contribution in [1.29, 1.82) is 0 Å². The lowest BCUT2D eigenvalue weighted by atomic mass is 9.90. The Kier molecular flexibility index (Phi) is 6.84. The molecular weight excluding hydrogens is 378 g/mol. The number of hydrogen-bond donors (Lipinski definition) is 0. The van der Waals surface area contributed by atoms with E-state index in [0.717, 1.165) is 22.9 Å². The van der Waals surface area contributed by atoms with Gasteiger partial charge in [0.2, 0.25) is 0 Å². The molecule has 0 N–H and O–H groups in total. The first-order valence-electron chi connectivity index (χ1n) is 7.59. The number of carbonyl (C=O) groups is 2. The van der Waals surface area contributed by atoms with Gasteiger partial charge in [-0.3, -0.25) is 9.59 Å². The monoisotopic (exact) mass is 397 g/mol. The quantitative estimate of drug-likeness (QED) is 0.272. The Morgan fingerprint density at radius 3 is 2.83 bits per heavy atom. The number of thioether (sulfide) groups is 1.